The summed E-state index contributed by atoms with van der Waals surface area (Å²) in [7, 11) is -0.181. The molecule has 0 amide bonds. The molecule has 0 fully saturated rings. The van der Waals surface area contributed by atoms with Crippen LogP contribution in [0.15, 0.2) is 60.2 Å². The molecule has 0 aliphatic rings. The SMILES string of the molecule is COCCCCC#C/C(=C\c1ccccc1CO[Si](C)(C)C(C)(C)C)C(O)C#Cc1ccccc1. The lowest BCUT2D eigenvalue weighted by molar-refractivity contribution is 0.193. The number of benzene rings is 2. The molecule has 1 atom stereocenters. The van der Waals surface area contributed by atoms with Crippen molar-refractivity contribution < 1.29 is 14.3 Å². The van der Waals surface area contributed by atoms with Crippen LogP contribution >= 0.6 is 0 Å². The Balaban J connectivity index is 2.32. The summed E-state index contributed by atoms with van der Waals surface area (Å²) in [6, 6.07) is 17.8. The van der Waals surface area contributed by atoms with Gasteiger partial charge in [-0.05, 0) is 60.3 Å². The highest BCUT2D eigenvalue weighted by Gasteiger charge is 2.37. The molecule has 2 aromatic rings. The molecule has 0 aliphatic heterocycles. The molecule has 0 saturated heterocycles. The van der Waals surface area contributed by atoms with Gasteiger partial charge in [0.1, 0.15) is 6.10 Å². The molecule has 0 aromatic heterocycles. The van der Waals surface area contributed by atoms with Crippen LogP contribution in [0, 0.1) is 23.7 Å². The Labute approximate surface area is 213 Å². The number of rotatable bonds is 9. The first-order chi connectivity index (χ1) is 16.6. The van der Waals surface area contributed by atoms with Crippen LogP contribution in [0.4, 0.5) is 0 Å². The molecule has 2 aromatic carbocycles. The molecule has 0 heterocycles. The smallest absolute Gasteiger partial charge is 0.192 e. The standard InChI is InChI=1S/C31H40O3Si/c1-31(2,3)35(5,6)34-25-29-20-14-13-18-27(29)24-28(19-12-7-8-15-23-33-4)30(32)22-21-26-16-10-9-11-17-26/h9-11,13-14,16-18,20,24,30,32H,7-8,15,23,25H2,1-6H3/b28-24+. The predicted molar refractivity (Wildman–Crippen MR) is 149 cm³/mol. The summed E-state index contributed by atoms with van der Waals surface area (Å²) >= 11 is 0. The Morgan fingerprint density at radius 1 is 1.03 bits per heavy atom. The van der Waals surface area contributed by atoms with Crippen molar-refractivity contribution in [3.63, 3.8) is 0 Å². The van der Waals surface area contributed by atoms with Crippen LogP contribution in [-0.4, -0.2) is 33.2 Å². The lowest BCUT2D eigenvalue weighted by Crippen LogP contribution is -2.40. The summed E-state index contributed by atoms with van der Waals surface area (Å²) in [5.74, 6) is 12.4. The van der Waals surface area contributed by atoms with E-state index in [1.54, 1.807) is 7.11 Å². The van der Waals surface area contributed by atoms with Crippen LogP contribution < -0.4 is 0 Å². The normalized spacial score (nSPS) is 12.8. The number of unbranched alkanes of at least 4 members (excludes halogenated alkanes) is 2. The molecule has 0 saturated carbocycles. The zero-order valence-corrected chi connectivity index (χ0v) is 23.2. The highest BCUT2D eigenvalue weighted by atomic mass is 28.4. The van der Waals surface area contributed by atoms with Crippen LogP contribution in [0.2, 0.25) is 18.1 Å². The summed E-state index contributed by atoms with van der Waals surface area (Å²) in [6.07, 6.45) is 3.65. The summed E-state index contributed by atoms with van der Waals surface area (Å²) < 4.78 is 11.6. The van der Waals surface area contributed by atoms with Gasteiger partial charge < -0.3 is 14.3 Å². The van der Waals surface area contributed by atoms with Gasteiger partial charge in [-0.15, -0.1) is 0 Å². The second-order valence-corrected chi connectivity index (χ2v) is 14.9. The van der Waals surface area contributed by atoms with Crippen molar-refractivity contribution in [2.24, 2.45) is 0 Å². The zero-order valence-electron chi connectivity index (χ0n) is 22.2. The summed E-state index contributed by atoms with van der Waals surface area (Å²) in [5.41, 5.74) is 3.54. The molecule has 0 spiro atoms. The van der Waals surface area contributed by atoms with Gasteiger partial charge >= 0.3 is 0 Å². The maximum absolute atomic E-state index is 10.9. The maximum Gasteiger partial charge on any atom is 0.192 e. The molecule has 186 valence electrons. The van der Waals surface area contributed by atoms with Crippen molar-refractivity contribution >= 4 is 14.4 Å². The second-order valence-electron chi connectivity index (χ2n) is 10.1. The molecular weight excluding hydrogens is 448 g/mol. The van der Waals surface area contributed by atoms with E-state index in [1.165, 1.54) is 0 Å². The number of aliphatic hydroxyl groups excluding tert-OH is 1. The van der Waals surface area contributed by atoms with Crippen LogP contribution in [0.1, 0.15) is 56.7 Å². The Morgan fingerprint density at radius 3 is 2.40 bits per heavy atom. The largest absolute Gasteiger partial charge is 0.413 e. The first-order valence-corrected chi connectivity index (χ1v) is 15.2. The third-order valence-corrected chi connectivity index (χ3v) is 10.8. The van der Waals surface area contributed by atoms with Crippen molar-refractivity contribution in [2.45, 2.75) is 70.9 Å². The van der Waals surface area contributed by atoms with E-state index in [0.717, 1.165) is 42.6 Å². The fraction of sp³-hybridized carbons (Fsp3) is 0.419. The topological polar surface area (TPSA) is 38.7 Å². The Kier molecular flexibility index (Phi) is 11.5. The molecule has 4 heteroatoms. The van der Waals surface area contributed by atoms with Gasteiger partial charge in [0.2, 0.25) is 0 Å². The lowest BCUT2D eigenvalue weighted by Gasteiger charge is -2.36. The fourth-order valence-electron chi connectivity index (χ4n) is 3.01. The van der Waals surface area contributed by atoms with E-state index in [0.29, 0.717) is 12.2 Å². The molecule has 35 heavy (non-hydrogen) atoms. The van der Waals surface area contributed by atoms with Gasteiger partial charge in [0.15, 0.2) is 8.32 Å². The van der Waals surface area contributed by atoms with Gasteiger partial charge in [-0.1, -0.05) is 86.9 Å². The van der Waals surface area contributed by atoms with E-state index in [4.69, 9.17) is 9.16 Å². The van der Waals surface area contributed by atoms with Crippen molar-refractivity contribution in [2.75, 3.05) is 13.7 Å². The molecule has 0 radical (unpaired) electrons. The molecule has 3 nitrogen and oxygen atoms in total. The molecule has 1 N–H and O–H groups in total. The zero-order chi connectivity index (χ0) is 25.7. The minimum Gasteiger partial charge on any atom is -0.413 e. The van der Waals surface area contributed by atoms with Gasteiger partial charge in [-0.3, -0.25) is 0 Å². The van der Waals surface area contributed by atoms with E-state index in [2.05, 4.69) is 63.6 Å². The first kappa shape index (κ1) is 28.6. The monoisotopic (exact) mass is 488 g/mol. The van der Waals surface area contributed by atoms with Gasteiger partial charge in [-0.2, -0.15) is 0 Å². The van der Waals surface area contributed by atoms with Crippen LogP contribution in [0.3, 0.4) is 0 Å². The molecule has 0 bridgehead atoms. The second kappa shape index (κ2) is 14.1. The predicted octanol–water partition coefficient (Wildman–Crippen LogP) is 6.82. The number of hydrogen-bond donors (Lipinski definition) is 1. The van der Waals surface area contributed by atoms with Crippen molar-refractivity contribution in [1.29, 1.82) is 0 Å². The van der Waals surface area contributed by atoms with E-state index in [9.17, 15) is 5.11 Å². The average Bonchev–Trinajstić information content (AvgIpc) is 2.83. The quantitative estimate of drug-likeness (QED) is 0.239. The molecule has 1 unspecified atom stereocenters. The van der Waals surface area contributed by atoms with E-state index >= 15 is 0 Å². The van der Waals surface area contributed by atoms with Crippen molar-refractivity contribution in [1.82, 2.24) is 0 Å². The summed E-state index contributed by atoms with van der Waals surface area (Å²) in [4.78, 5) is 0. The minimum absolute atomic E-state index is 0.139. The van der Waals surface area contributed by atoms with E-state index in [-0.39, 0.29) is 5.04 Å². The van der Waals surface area contributed by atoms with Crippen LogP contribution in [0.5, 0.6) is 0 Å². The van der Waals surface area contributed by atoms with Gasteiger partial charge in [0.25, 0.3) is 0 Å². The highest BCUT2D eigenvalue weighted by Crippen LogP contribution is 2.37. The van der Waals surface area contributed by atoms with Crippen LogP contribution in [0.25, 0.3) is 6.08 Å². The summed E-state index contributed by atoms with van der Waals surface area (Å²) in [6.45, 7) is 12.5. The summed E-state index contributed by atoms with van der Waals surface area (Å²) in [5, 5.41) is 11.1. The van der Waals surface area contributed by atoms with Crippen molar-refractivity contribution in [3.8, 4) is 23.7 Å². The number of ether oxygens (including phenoxy) is 1. The van der Waals surface area contributed by atoms with Gasteiger partial charge in [0.05, 0.1) is 6.61 Å². The first-order valence-electron chi connectivity index (χ1n) is 12.3. The lowest BCUT2D eigenvalue weighted by atomic mass is 10.0. The van der Waals surface area contributed by atoms with E-state index < -0.39 is 14.4 Å². The van der Waals surface area contributed by atoms with Gasteiger partial charge in [-0.25, -0.2) is 0 Å². The third kappa shape index (κ3) is 9.88. The third-order valence-electron chi connectivity index (χ3n) is 6.32. The average molecular weight is 489 g/mol. The molecule has 0 aliphatic carbocycles. The highest BCUT2D eigenvalue weighted by molar-refractivity contribution is 6.74. The Bertz CT molecular complexity index is 1070. The van der Waals surface area contributed by atoms with Crippen LogP contribution in [-0.2, 0) is 15.8 Å². The fourth-order valence-corrected chi connectivity index (χ4v) is 3.96. The molecular formula is C31H40O3Si. The van der Waals surface area contributed by atoms with E-state index in [1.807, 2.05) is 54.6 Å². The Morgan fingerprint density at radius 2 is 1.71 bits per heavy atom. The Hall–Kier alpha value is -2.60. The maximum atomic E-state index is 10.9. The number of aliphatic hydroxyl groups is 1. The molecule has 2 rings (SSSR count). The van der Waals surface area contributed by atoms with Crippen molar-refractivity contribution in [3.05, 3.63) is 76.9 Å². The minimum atomic E-state index is -1.89. The van der Waals surface area contributed by atoms with Gasteiger partial charge in [0, 0.05) is 31.3 Å². The number of methoxy groups -OCH3 is 1. The number of hydrogen-bond acceptors (Lipinski definition) is 3.